The first-order chi connectivity index (χ1) is 10.1. The van der Waals surface area contributed by atoms with Crippen molar-refractivity contribution in [2.45, 2.75) is 68.1 Å². The van der Waals surface area contributed by atoms with E-state index in [2.05, 4.69) is 11.6 Å². The van der Waals surface area contributed by atoms with Crippen LogP contribution in [0.25, 0.3) is 0 Å². The number of amides is 2. The van der Waals surface area contributed by atoms with Gasteiger partial charge in [-0.05, 0) is 31.9 Å². The molecule has 1 heterocycles. The van der Waals surface area contributed by atoms with Gasteiger partial charge in [0.05, 0.1) is 6.54 Å². The lowest BCUT2D eigenvalue weighted by Crippen LogP contribution is -2.68. The predicted octanol–water partition coefficient (Wildman–Crippen LogP) is 2.32. The van der Waals surface area contributed by atoms with Crippen LogP contribution in [-0.4, -0.2) is 46.3 Å². The van der Waals surface area contributed by atoms with Gasteiger partial charge in [-0.1, -0.05) is 32.1 Å². The Morgan fingerprint density at radius 2 is 1.67 bits per heavy atom. The molecule has 0 atom stereocenters. The molecule has 0 aromatic carbocycles. The molecule has 1 aliphatic heterocycles. The van der Waals surface area contributed by atoms with Gasteiger partial charge in [-0.25, -0.2) is 0 Å². The number of nitrogens with zero attached hydrogens (tertiary/aromatic N) is 1. The maximum atomic E-state index is 13.0. The van der Waals surface area contributed by atoms with Gasteiger partial charge in [0.25, 0.3) is 0 Å². The van der Waals surface area contributed by atoms with Gasteiger partial charge in [-0.15, -0.1) is 0 Å². The lowest BCUT2D eigenvalue weighted by Gasteiger charge is -2.46. The Morgan fingerprint density at radius 3 is 2.29 bits per heavy atom. The topological polar surface area (TPSA) is 49.4 Å². The average molecular weight is 310 g/mol. The van der Waals surface area contributed by atoms with Crippen molar-refractivity contribution in [1.29, 1.82) is 0 Å². The molecule has 3 rings (SSSR count). The second-order valence-electron chi connectivity index (χ2n) is 6.95. The third kappa shape index (κ3) is 2.81. The van der Waals surface area contributed by atoms with Crippen molar-refractivity contribution in [1.82, 2.24) is 10.2 Å². The second-order valence-corrected chi connectivity index (χ2v) is 8.22. The Hall–Kier alpha value is -0.710. The van der Waals surface area contributed by atoms with Crippen molar-refractivity contribution >= 4 is 23.6 Å². The molecule has 21 heavy (non-hydrogen) atoms. The molecule has 1 N–H and O–H groups in total. The molecule has 0 unspecified atom stereocenters. The standard InChI is InChI=1S/C16H26N2O2S/c1-21-15(7-5-6-8-15)12-18-11-13(19)17-16(14(18)20)9-3-2-4-10-16/h2-12H2,1H3,(H,17,19). The molecular formula is C16H26N2O2S. The van der Waals surface area contributed by atoms with Crippen LogP contribution in [0.3, 0.4) is 0 Å². The number of piperazine rings is 1. The van der Waals surface area contributed by atoms with Gasteiger partial charge >= 0.3 is 0 Å². The van der Waals surface area contributed by atoms with E-state index >= 15 is 0 Å². The van der Waals surface area contributed by atoms with Crippen molar-refractivity contribution in [3.05, 3.63) is 0 Å². The maximum Gasteiger partial charge on any atom is 0.248 e. The minimum Gasteiger partial charge on any atom is -0.340 e. The average Bonchev–Trinajstić information content (AvgIpc) is 2.94. The van der Waals surface area contributed by atoms with Crippen LogP contribution in [0.15, 0.2) is 0 Å². The smallest absolute Gasteiger partial charge is 0.248 e. The van der Waals surface area contributed by atoms with Crippen LogP contribution >= 0.6 is 11.8 Å². The molecule has 4 nitrogen and oxygen atoms in total. The van der Waals surface area contributed by atoms with E-state index in [1.165, 1.54) is 32.1 Å². The molecular weight excluding hydrogens is 284 g/mol. The Kier molecular flexibility index (Phi) is 4.21. The number of hydrogen-bond donors (Lipinski definition) is 1. The number of nitrogens with one attached hydrogen (secondary N) is 1. The number of thioether (sulfide) groups is 1. The first kappa shape index (κ1) is 15.2. The summed E-state index contributed by atoms with van der Waals surface area (Å²) < 4.78 is 0.184. The van der Waals surface area contributed by atoms with Crippen LogP contribution in [0.5, 0.6) is 0 Å². The Labute approximate surface area is 131 Å². The SMILES string of the molecule is CSC1(CN2CC(=O)NC3(CCCCC3)C2=O)CCCC1. The predicted molar refractivity (Wildman–Crippen MR) is 85.3 cm³/mol. The third-order valence-electron chi connectivity index (χ3n) is 5.54. The van der Waals surface area contributed by atoms with Crippen molar-refractivity contribution in [2.24, 2.45) is 0 Å². The lowest BCUT2D eigenvalue weighted by molar-refractivity contribution is -0.151. The highest BCUT2D eigenvalue weighted by Gasteiger charge is 2.49. The number of carbonyl (C=O) groups excluding carboxylic acids is 2. The Bertz CT molecular complexity index is 426. The van der Waals surface area contributed by atoms with E-state index in [-0.39, 0.29) is 23.1 Å². The zero-order valence-electron chi connectivity index (χ0n) is 13.0. The van der Waals surface area contributed by atoms with Crippen LogP contribution < -0.4 is 5.32 Å². The van der Waals surface area contributed by atoms with Crippen molar-refractivity contribution in [2.75, 3.05) is 19.3 Å². The van der Waals surface area contributed by atoms with E-state index in [1.54, 1.807) is 0 Å². The Morgan fingerprint density at radius 1 is 1.05 bits per heavy atom. The molecule has 0 aromatic heterocycles. The molecule has 2 saturated carbocycles. The summed E-state index contributed by atoms with van der Waals surface area (Å²) in [6.45, 7) is 1.01. The summed E-state index contributed by atoms with van der Waals surface area (Å²) >= 11 is 1.89. The summed E-state index contributed by atoms with van der Waals surface area (Å²) in [5.41, 5.74) is -0.578. The normalized spacial score (nSPS) is 28.0. The minimum absolute atomic E-state index is 0.0331. The van der Waals surface area contributed by atoms with Gasteiger partial charge in [0, 0.05) is 11.3 Å². The molecule has 0 bridgehead atoms. The highest BCUT2D eigenvalue weighted by atomic mass is 32.2. The summed E-state index contributed by atoms with van der Waals surface area (Å²) in [6.07, 6.45) is 11.9. The third-order valence-corrected chi connectivity index (χ3v) is 6.95. The maximum absolute atomic E-state index is 13.0. The molecule has 0 radical (unpaired) electrons. The summed E-state index contributed by atoms with van der Waals surface area (Å²) in [7, 11) is 0. The van der Waals surface area contributed by atoms with Gasteiger partial charge in [0.2, 0.25) is 11.8 Å². The van der Waals surface area contributed by atoms with Gasteiger partial charge < -0.3 is 10.2 Å². The zero-order chi connectivity index (χ0) is 14.9. The molecule has 1 saturated heterocycles. The molecule has 3 fully saturated rings. The summed E-state index contributed by atoms with van der Waals surface area (Å²) in [4.78, 5) is 27.0. The van der Waals surface area contributed by atoms with Crippen molar-refractivity contribution in [3.63, 3.8) is 0 Å². The number of hydrogen-bond acceptors (Lipinski definition) is 3. The number of carbonyl (C=O) groups is 2. The van der Waals surface area contributed by atoms with E-state index in [9.17, 15) is 9.59 Å². The van der Waals surface area contributed by atoms with E-state index < -0.39 is 5.54 Å². The van der Waals surface area contributed by atoms with Crippen LogP contribution in [0.4, 0.5) is 0 Å². The second kappa shape index (κ2) is 5.82. The molecule has 5 heteroatoms. The van der Waals surface area contributed by atoms with Gasteiger partial charge in [-0.2, -0.15) is 11.8 Å². The highest BCUT2D eigenvalue weighted by molar-refractivity contribution is 8.00. The summed E-state index contributed by atoms with van der Waals surface area (Å²) in [6, 6.07) is 0. The Balaban J connectivity index is 1.78. The quantitative estimate of drug-likeness (QED) is 0.870. The van der Waals surface area contributed by atoms with Crippen LogP contribution in [0.1, 0.15) is 57.8 Å². The summed E-state index contributed by atoms with van der Waals surface area (Å²) in [5.74, 6) is 0.216. The summed E-state index contributed by atoms with van der Waals surface area (Å²) in [5, 5.41) is 3.03. The van der Waals surface area contributed by atoms with Gasteiger partial charge in [-0.3, -0.25) is 9.59 Å². The molecule has 2 aliphatic carbocycles. The number of rotatable bonds is 3. The van der Waals surface area contributed by atoms with Crippen molar-refractivity contribution < 1.29 is 9.59 Å². The fourth-order valence-corrected chi connectivity index (χ4v) is 5.31. The largest absolute Gasteiger partial charge is 0.340 e. The molecule has 2 amide bonds. The van der Waals surface area contributed by atoms with Crippen LogP contribution in [-0.2, 0) is 9.59 Å². The fourth-order valence-electron chi connectivity index (χ4n) is 4.32. The minimum atomic E-state index is -0.578. The monoisotopic (exact) mass is 310 g/mol. The van der Waals surface area contributed by atoms with Crippen molar-refractivity contribution in [3.8, 4) is 0 Å². The molecule has 0 aromatic rings. The van der Waals surface area contributed by atoms with E-state index in [1.807, 2.05) is 16.7 Å². The lowest BCUT2D eigenvalue weighted by atomic mass is 9.79. The van der Waals surface area contributed by atoms with Crippen LogP contribution in [0, 0.1) is 0 Å². The van der Waals surface area contributed by atoms with Gasteiger partial charge in [0.1, 0.15) is 5.54 Å². The van der Waals surface area contributed by atoms with E-state index in [4.69, 9.17) is 0 Å². The van der Waals surface area contributed by atoms with E-state index in [0.29, 0.717) is 0 Å². The van der Waals surface area contributed by atoms with Crippen LogP contribution in [0.2, 0.25) is 0 Å². The first-order valence-electron chi connectivity index (χ1n) is 8.25. The van der Waals surface area contributed by atoms with Gasteiger partial charge in [0.15, 0.2) is 0 Å². The first-order valence-corrected chi connectivity index (χ1v) is 9.47. The molecule has 3 aliphatic rings. The zero-order valence-corrected chi connectivity index (χ0v) is 13.8. The molecule has 118 valence electrons. The fraction of sp³-hybridized carbons (Fsp3) is 0.875. The highest BCUT2D eigenvalue weighted by Crippen LogP contribution is 2.42. The molecule has 1 spiro atoms. The van der Waals surface area contributed by atoms with E-state index in [0.717, 1.165) is 32.2 Å².